The van der Waals surface area contributed by atoms with E-state index in [0.29, 0.717) is 44.2 Å². The second-order valence-electron chi connectivity index (χ2n) is 9.85. The van der Waals surface area contributed by atoms with Crippen LogP contribution in [0.4, 0.5) is 0 Å². The lowest BCUT2D eigenvalue weighted by molar-refractivity contribution is -0.143. The van der Waals surface area contributed by atoms with Gasteiger partial charge in [-0.25, -0.2) is 5.01 Å². The number of morpholine rings is 1. The molecule has 38 heavy (non-hydrogen) atoms. The first-order valence-corrected chi connectivity index (χ1v) is 13.2. The lowest BCUT2D eigenvalue weighted by Gasteiger charge is -2.31. The number of hydrogen-bond acceptors (Lipinski definition) is 7. The van der Waals surface area contributed by atoms with Crippen molar-refractivity contribution in [1.29, 1.82) is 0 Å². The van der Waals surface area contributed by atoms with Crippen LogP contribution in [-0.2, 0) is 14.3 Å². The van der Waals surface area contributed by atoms with Gasteiger partial charge in [0.1, 0.15) is 18.0 Å². The molecule has 0 unspecified atom stereocenters. The fourth-order valence-electron chi connectivity index (χ4n) is 4.83. The zero-order chi connectivity index (χ0) is 27.1. The number of methoxy groups -OCH3 is 2. The number of hydrazone groups is 1. The fraction of sp³-hybridized carbons (Fsp3) is 0.483. The maximum Gasteiger partial charge on any atom is 0.262 e. The Morgan fingerprint density at radius 2 is 1.82 bits per heavy atom. The van der Waals surface area contributed by atoms with E-state index in [2.05, 4.69) is 4.90 Å². The molecular weight excluding hydrogens is 484 g/mol. The van der Waals surface area contributed by atoms with E-state index in [9.17, 15) is 9.59 Å². The monoisotopic (exact) mass is 522 g/mol. The van der Waals surface area contributed by atoms with Gasteiger partial charge in [-0.2, -0.15) is 5.10 Å². The number of amides is 2. The largest absolute Gasteiger partial charge is 0.497 e. The highest BCUT2D eigenvalue weighted by atomic mass is 16.5. The molecule has 0 spiro atoms. The summed E-state index contributed by atoms with van der Waals surface area (Å²) >= 11 is 0. The van der Waals surface area contributed by atoms with E-state index < -0.39 is 0 Å². The van der Waals surface area contributed by atoms with Crippen molar-refractivity contribution < 1.29 is 23.8 Å². The Morgan fingerprint density at radius 3 is 2.47 bits per heavy atom. The van der Waals surface area contributed by atoms with Gasteiger partial charge in [-0.15, -0.1) is 0 Å². The summed E-state index contributed by atoms with van der Waals surface area (Å²) in [6, 6.07) is 15.2. The van der Waals surface area contributed by atoms with Crippen molar-refractivity contribution in [3.8, 4) is 11.5 Å². The van der Waals surface area contributed by atoms with Gasteiger partial charge in [0.15, 0.2) is 0 Å². The third-order valence-corrected chi connectivity index (χ3v) is 6.99. The van der Waals surface area contributed by atoms with Crippen LogP contribution in [0.3, 0.4) is 0 Å². The van der Waals surface area contributed by atoms with Crippen LogP contribution >= 0.6 is 0 Å². The van der Waals surface area contributed by atoms with Gasteiger partial charge >= 0.3 is 0 Å². The maximum absolute atomic E-state index is 13.8. The first-order valence-electron chi connectivity index (χ1n) is 13.2. The summed E-state index contributed by atoms with van der Waals surface area (Å²) in [6.07, 6.45) is 0.532. The number of carbonyl (C=O) groups excluding carboxylic acids is 2. The second kappa shape index (κ2) is 12.9. The van der Waals surface area contributed by atoms with Crippen LogP contribution in [0.1, 0.15) is 37.4 Å². The normalized spacial score (nSPS) is 17.9. The summed E-state index contributed by atoms with van der Waals surface area (Å²) in [5.41, 5.74) is 2.55. The Morgan fingerprint density at radius 1 is 1.08 bits per heavy atom. The van der Waals surface area contributed by atoms with Gasteiger partial charge in [-0.3, -0.25) is 14.5 Å². The zero-order valence-electron chi connectivity index (χ0n) is 22.8. The van der Waals surface area contributed by atoms with Gasteiger partial charge in [0.2, 0.25) is 5.91 Å². The van der Waals surface area contributed by atoms with E-state index in [1.165, 1.54) is 0 Å². The first kappa shape index (κ1) is 27.6. The molecular formula is C29H38N4O5. The molecule has 0 N–H and O–H groups in total. The number of nitrogens with zero attached hydrogens (tertiary/aromatic N) is 4. The summed E-state index contributed by atoms with van der Waals surface area (Å²) < 4.78 is 16.4. The summed E-state index contributed by atoms with van der Waals surface area (Å²) in [5, 5.41) is 6.35. The smallest absolute Gasteiger partial charge is 0.262 e. The molecule has 2 heterocycles. The Bertz CT molecular complexity index is 1130. The Balaban J connectivity index is 1.59. The highest BCUT2D eigenvalue weighted by Crippen LogP contribution is 2.36. The van der Waals surface area contributed by atoms with Crippen molar-refractivity contribution in [2.75, 3.05) is 60.2 Å². The van der Waals surface area contributed by atoms with Gasteiger partial charge in [-0.05, 0) is 17.7 Å². The van der Waals surface area contributed by atoms with Crippen LogP contribution in [-0.4, -0.2) is 92.5 Å². The molecule has 1 fully saturated rings. The zero-order valence-corrected chi connectivity index (χ0v) is 22.8. The maximum atomic E-state index is 13.8. The van der Waals surface area contributed by atoms with Crippen molar-refractivity contribution in [2.45, 2.75) is 26.3 Å². The molecule has 2 aliphatic rings. The molecule has 2 aromatic carbocycles. The highest BCUT2D eigenvalue weighted by Gasteiger charge is 2.35. The highest BCUT2D eigenvalue weighted by molar-refractivity contribution is 6.05. The van der Waals surface area contributed by atoms with Crippen LogP contribution in [0.15, 0.2) is 53.6 Å². The van der Waals surface area contributed by atoms with Crippen LogP contribution in [0, 0.1) is 5.92 Å². The van der Waals surface area contributed by atoms with E-state index in [1.54, 1.807) is 24.1 Å². The number of benzene rings is 2. The standard InChI is InChI=1S/C29H38N4O5/c1-21(2)29(35)32(13-12-31-14-16-38-17-15-31)20-28(34)33-26(22-8-6-5-7-9-22)19-25(30-33)24-11-10-23(36-3)18-27(24)37-4/h5-11,18,21,26H,12-17,19-20H2,1-4H3/t26-/m0/s1. The number of hydrogen-bond donors (Lipinski definition) is 0. The molecule has 2 aromatic rings. The van der Waals surface area contributed by atoms with Crippen molar-refractivity contribution in [1.82, 2.24) is 14.8 Å². The molecule has 2 aliphatic heterocycles. The summed E-state index contributed by atoms with van der Waals surface area (Å²) in [5.74, 6) is 0.852. The summed E-state index contributed by atoms with van der Waals surface area (Å²) in [6.45, 7) is 7.93. The molecule has 1 atom stereocenters. The Hall–Kier alpha value is -3.43. The van der Waals surface area contributed by atoms with E-state index in [4.69, 9.17) is 19.3 Å². The van der Waals surface area contributed by atoms with Crippen molar-refractivity contribution in [3.05, 3.63) is 59.7 Å². The fourth-order valence-corrected chi connectivity index (χ4v) is 4.83. The molecule has 1 saturated heterocycles. The van der Waals surface area contributed by atoms with Crippen molar-refractivity contribution >= 4 is 17.5 Å². The van der Waals surface area contributed by atoms with E-state index in [1.807, 2.05) is 62.4 Å². The van der Waals surface area contributed by atoms with Gasteiger partial charge in [0.05, 0.1) is 39.2 Å². The minimum absolute atomic E-state index is 0.0266. The SMILES string of the molecule is COc1ccc(C2=NN(C(=O)CN(CCN3CCOCC3)C(=O)C(C)C)[C@H](c3ccccc3)C2)c(OC)c1. The third-order valence-electron chi connectivity index (χ3n) is 6.99. The molecule has 0 bridgehead atoms. The average molecular weight is 523 g/mol. The van der Waals surface area contributed by atoms with Crippen LogP contribution in [0.2, 0.25) is 0 Å². The van der Waals surface area contributed by atoms with Gasteiger partial charge < -0.3 is 19.1 Å². The Kier molecular flexibility index (Phi) is 9.36. The molecule has 0 radical (unpaired) electrons. The van der Waals surface area contributed by atoms with E-state index in [-0.39, 0.29) is 30.3 Å². The summed E-state index contributed by atoms with van der Waals surface area (Å²) in [7, 11) is 3.21. The molecule has 9 nitrogen and oxygen atoms in total. The summed E-state index contributed by atoms with van der Waals surface area (Å²) in [4.78, 5) is 30.8. The average Bonchev–Trinajstić information content (AvgIpc) is 3.41. The molecule has 0 saturated carbocycles. The molecule has 0 aromatic heterocycles. The van der Waals surface area contributed by atoms with Crippen LogP contribution in [0.25, 0.3) is 0 Å². The first-order chi connectivity index (χ1) is 18.4. The molecule has 4 rings (SSSR count). The quantitative estimate of drug-likeness (QED) is 0.477. The number of carbonyl (C=O) groups is 2. The molecule has 0 aliphatic carbocycles. The minimum atomic E-state index is -0.277. The van der Waals surface area contributed by atoms with Crippen LogP contribution in [0.5, 0.6) is 11.5 Å². The minimum Gasteiger partial charge on any atom is -0.497 e. The van der Waals surface area contributed by atoms with E-state index >= 15 is 0 Å². The third kappa shape index (κ3) is 6.52. The molecule has 204 valence electrons. The van der Waals surface area contributed by atoms with Gasteiger partial charge in [-0.1, -0.05) is 44.2 Å². The van der Waals surface area contributed by atoms with Crippen LogP contribution < -0.4 is 9.47 Å². The lowest BCUT2D eigenvalue weighted by atomic mass is 9.98. The van der Waals surface area contributed by atoms with Crippen molar-refractivity contribution in [3.63, 3.8) is 0 Å². The number of rotatable bonds is 10. The molecule has 9 heteroatoms. The molecule has 2 amide bonds. The lowest BCUT2D eigenvalue weighted by Crippen LogP contribution is -2.47. The van der Waals surface area contributed by atoms with Gasteiger partial charge in [0, 0.05) is 50.1 Å². The Labute approximate surface area is 224 Å². The van der Waals surface area contributed by atoms with E-state index in [0.717, 1.165) is 29.9 Å². The predicted molar refractivity (Wildman–Crippen MR) is 145 cm³/mol. The van der Waals surface area contributed by atoms with Crippen molar-refractivity contribution in [2.24, 2.45) is 11.0 Å². The predicted octanol–water partition coefficient (Wildman–Crippen LogP) is 3.20. The van der Waals surface area contributed by atoms with Gasteiger partial charge in [0.25, 0.3) is 5.91 Å². The second-order valence-corrected chi connectivity index (χ2v) is 9.85. The number of ether oxygens (including phenoxy) is 3. The topological polar surface area (TPSA) is 83.9 Å².